The Labute approximate surface area is 179 Å². The topological polar surface area (TPSA) is 97.8 Å². The van der Waals surface area contributed by atoms with Gasteiger partial charge in [-0.1, -0.05) is 12.1 Å². The van der Waals surface area contributed by atoms with Crippen LogP contribution in [0.4, 0.5) is 5.13 Å². The number of methoxy groups -OCH3 is 1. The zero-order chi connectivity index (χ0) is 22.1. The van der Waals surface area contributed by atoms with Crippen LogP contribution in [0.1, 0.15) is 32.0 Å². The summed E-state index contributed by atoms with van der Waals surface area (Å²) >= 11 is 1.30. The summed E-state index contributed by atoms with van der Waals surface area (Å²) < 4.78 is 10.3. The number of nitrogens with one attached hydrogen (secondary N) is 1. The van der Waals surface area contributed by atoms with E-state index in [2.05, 4.69) is 10.3 Å². The number of carbonyl (C=O) groups is 3. The van der Waals surface area contributed by atoms with Gasteiger partial charge in [0.1, 0.15) is 18.4 Å². The third kappa shape index (κ3) is 6.70. The van der Waals surface area contributed by atoms with E-state index < -0.39 is 17.9 Å². The Kier molecular flexibility index (Phi) is 8.54. The highest BCUT2D eigenvalue weighted by molar-refractivity contribution is 7.14. The summed E-state index contributed by atoms with van der Waals surface area (Å²) in [6.07, 6.45) is 2.98. The summed E-state index contributed by atoms with van der Waals surface area (Å²) in [5.41, 5.74) is 1.37. The van der Waals surface area contributed by atoms with Gasteiger partial charge in [0.05, 0.1) is 12.8 Å². The van der Waals surface area contributed by atoms with E-state index in [4.69, 9.17) is 9.47 Å². The first-order valence-corrected chi connectivity index (χ1v) is 10.2. The lowest BCUT2D eigenvalue weighted by Crippen LogP contribution is -2.38. The predicted octanol–water partition coefficient (Wildman–Crippen LogP) is 2.79. The summed E-state index contributed by atoms with van der Waals surface area (Å²) in [5, 5.41) is 4.85. The van der Waals surface area contributed by atoms with Crippen LogP contribution in [0, 0.1) is 0 Å². The molecule has 8 nitrogen and oxygen atoms in total. The lowest BCUT2D eigenvalue weighted by Gasteiger charge is -2.14. The third-order valence-electron chi connectivity index (χ3n) is 4.08. The van der Waals surface area contributed by atoms with E-state index in [1.165, 1.54) is 29.2 Å². The first-order chi connectivity index (χ1) is 14.3. The number of hydrogen-bond acceptors (Lipinski definition) is 7. The maximum atomic E-state index is 12.1. The molecule has 0 unspecified atom stereocenters. The number of carbonyl (C=O) groups excluding carboxylic acids is 3. The molecule has 0 bridgehead atoms. The smallest absolute Gasteiger partial charge is 0.328 e. The number of benzene rings is 1. The van der Waals surface area contributed by atoms with E-state index in [9.17, 15) is 14.4 Å². The predicted molar refractivity (Wildman–Crippen MR) is 115 cm³/mol. The van der Waals surface area contributed by atoms with E-state index >= 15 is 0 Å². The third-order valence-corrected chi connectivity index (χ3v) is 5.00. The number of aromatic nitrogens is 1. The van der Waals surface area contributed by atoms with Crippen LogP contribution >= 0.6 is 11.3 Å². The van der Waals surface area contributed by atoms with Gasteiger partial charge < -0.3 is 14.8 Å². The fraction of sp³-hybridized carbons (Fsp3) is 0.333. The number of thiazole rings is 1. The maximum absolute atomic E-state index is 12.1. The van der Waals surface area contributed by atoms with Crippen molar-refractivity contribution in [2.45, 2.75) is 33.4 Å². The molecule has 1 aromatic carbocycles. The molecule has 0 aliphatic heterocycles. The summed E-state index contributed by atoms with van der Waals surface area (Å²) in [5.74, 6) is -0.362. The summed E-state index contributed by atoms with van der Waals surface area (Å²) in [7, 11) is 1.58. The SMILES string of the molecule is CCN(C(C)=O)c1nc(COC(=O)[C@H](C)NC(=O)/C=C/c2ccc(OC)cc2)cs1. The molecular formula is C21H25N3O5S. The molecule has 0 spiro atoms. The Balaban J connectivity index is 1.82. The monoisotopic (exact) mass is 431 g/mol. The lowest BCUT2D eigenvalue weighted by atomic mass is 10.2. The Bertz CT molecular complexity index is 908. The summed E-state index contributed by atoms with van der Waals surface area (Å²) in [4.78, 5) is 41.6. The van der Waals surface area contributed by atoms with Crippen LogP contribution in [-0.4, -0.2) is 42.5 Å². The minimum atomic E-state index is -0.819. The highest BCUT2D eigenvalue weighted by atomic mass is 32.1. The van der Waals surface area contributed by atoms with Gasteiger partial charge in [-0.2, -0.15) is 0 Å². The van der Waals surface area contributed by atoms with E-state index in [0.717, 1.165) is 11.3 Å². The minimum Gasteiger partial charge on any atom is -0.497 e. The molecule has 0 radical (unpaired) electrons. The molecule has 2 amide bonds. The molecule has 160 valence electrons. The highest BCUT2D eigenvalue weighted by Crippen LogP contribution is 2.21. The van der Waals surface area contributed by atoms with Gasteiger partial charge in [-0.25, -0.2) is 9.78 Å². The van der Waals surface area contributed by atoms with Crippen molar-refractivity contribution < 1.29 is 23.9 Å². The van der Waals surface area contributed by atoms with Crippen molar-refractivity contribution >= 4 is 40.3 Å². The minimum absolute atomic E-state index is 0.0350. The van der Waals surface area contributed by atoms with E-state index in [1.54, 1.807) is 37.6 Å². The summed E-state index contributed by atoms with van der Waals surface area (Å²) in [6.45, 7) is 5.35. The fourth-order valence-corrected chi connectivity index (χ4v) is 3.37. The van der Waals surface area contributed by atoms with Gasteiger partial charge in [-0.15, -0.1) is 11.3 Å². The quantitative estimate of drug-likeness (QED) is 0.484. The molecule has 9 heteroatoms. The van der Waals surface area contributed by atoms with Crippen molar-refractivity contribution in [2.24, 2.45) is 0 Å². The molecule has 1 aromatic heterocycles. The van der Waals surface area contributed by atoms with Crippen LogP contribution in [0.5, 0.6) is 5.75 Å². The van der Waals surface area contributed by atoms with Crippen LogP contribution in [0.2, 0.25) is 0 Å². The van der Waals surface area contributed by atoms with Gasteiger partial charge >= 0.3 is 5.97 Å². The molecule has 0 fully saturated rings. The number of rotatable bonds is 9. The molecule has 0 saturated heterocycles. The van der Waals surface area contributed by atoms with Crippen molar-refractivity contribution in [3.63, 3.8) is 0 Å². The average molecular weight is 432 g/mol. The Morgan fingerprint density at radius 3 is 2.57 bits per heavy atom. The van der Waals surface area contributed by atoms with Gasteiger partial charge in [0.15, 0.2) is 5.13 Å². The van der Waals surface area contributed by atoms with Crippen molar-refractivity contribution in [3.05, 3.63) is 47.0 Å². The van der Waals surface area contributed by atoms with Gasteiger partial charge in [0, 0.05) is 24.9 Å². The van der Waals surface area contributed by atoms with Crippen LogP contribution in [0.3, 0.4) is 0 Å². The van der Waals surface area contributed by atoms with E-state index in [0.29, 0.717) is 17.4 Å². The number of esters is 1. The Hall–Kier alpha value is -3.20. The largest absolute Gasteiger partial charge is 0.497 e. The zero-order valence-corrected chi connectivity index (χ0v) is 18.2. The molecule has 30 heavy (non-hydrogen) atoms. The Morgan fingerprint density at radius 2 is 1.97 bits per heavy atom. The maximum Gasteiger partial charge on any atom is 0.328 e. The number of nitrogens with zero attached hydrogens (tertiary/aromatic N) is 2. The molecule has 0 aliphatic carbocycles. The molecule has 2 aromatic rings. The number of amides is 2. The standard InChI is InChI=1S/C21H25N3O5S/c1-5-24(15(3)25)21-23-17(13-30-21)12-29-20(27)14(2)22-19(26)11-8-16-6-9-18(28-4)10-7-16/h6-11,13-14H,5,12H2,1-4H3,(H,22,26)/b11-8+/t14-/m0/s1. The second-order valence-electron chi connectivity index (χ2n) is 6.33. The molecule has 1 N–H and O–H groups in total. The molecule has 1 heterocycles. The molecular weight excluding hydrogens is 406 g/mol. The average Bonchev–Trinajstić information content (AvgIpc) is 3.19. The molecule has 2 rings (SSSR count). The molecule has 0 saturated carbocycles. The van der Waals surface area contributed by atoms with Crippen LogP contribution in [0.25, 0.3) is 6.08 Å². The molecule has 1 atom stereocenters. The number of ether oxygens (including phenoxy) is 2. The van der Waals surface area contributed by atoms with Crippen LogP contribution in [-0.2, 0) is 25.7 Å². The zero-order valence-electron chi connectivity index (χ0n) is 17.4. The van der Waals surface area contributed by atoms with E-state index in [1.807, 2.05) is 19.1 Å². The van der Waals surface area contributed by atoms with Crippen molar-refractivity contribution in [1.82, 2.24) is 10.3 Å². The fourth-order valence-electron chi connectivity index (χ4n) is 2.46. The van der Waals surface area contributed by atoms with Gasteiger partial charge in [-0.05, 0) is 37.6 Å². The number of anilines is 1. The van der Waals surface area contributed by atoms with Gasteiger partial charge in [0.2, 0.25) is 11.8 Å². The second kappa shape index (κ2) is 11.1. The lowest BCUT2D eigenvalue weighted by molar-refractivity contribution is -0.148. The van der Waals surface area contributed by atoms with Crippen molar-refractivity contribution in [2.75, 3.05) is 18.6 Å². The van der Waals surface area contributed by atoms with E-state index in [-0.39, 0.29) is 12.5 Å². The highest BCUT2D eigenvalue weighted by Gasteiger charge is 2.18. The number of hydrogen-bond donors (Lipinski definition) is 1. The second-order valence-corrected chi connectivity index (χ2v) is 7.17. The summed E-state index contributed by atoms with van der Waals surface area (Å²) in [6, 6.07) is 6.39. The van der Waals surface area contributed by atoms with Gasteiger partial charge in [0.25, 0.3) is 0 Å². The van der Waals surface area contributed by atoms with Crippen LogP contribution in [0.15, 0.2) is 35.7 Å². The molecule has 0 aliphatic rings. The van der Waals surface area contributed by atoms with Crippen molar-refractivity contribution in [3.8, 4) is 5.75 Å². The van der Waals surface area contributed by atoms with Gasteiger partial charge in [-0.3, -0.25) is 14.5 Å². The van der Waals surface area contributed by atoms with Crippen molar-refractivity contribution in [1.29, 1.82) is 0 Å². The van der Waals surface area contributed by atoms with Crippen LogP contribution < -0.4 is 15.0 Å². The Morgan fingerprint density at radius 1 is 1.27 bits per heavy atom. The first-order valence-electron chi connectivity index (χ1n) is 9.35. The first kappa shape index (κ1) is 23.1. The normalized spacial score (nSPS) is 11.7.